The van der Waals surface area contributed by atoms with Gasteiger partial charge in [0.25, 0.3) is 0 Å². The minimum atomic E-state index is -3.54. The Hall–Kier alpha value is -1.48. The number of rotatable bonds is 4. The molecule has 1 atom stereocenters. The number of carbonyl (C=O) groups excluding carboxylic acids is 1. The summed E-state index contributed by atoms with van der Waals surface area (Å²) in [7, 11) is -1.54. The van der Waals surface area contributed by atoms with Gasteiger partial charge in [-0.2, -0.15) is 4.31 Å². The molecule has 2 N–H and O–H groups in total. The summed E-state index contributed by atoms with van der Waals surface area (Å²) in [6, 6.07) is 6.57. The maximum absolute atomic E-state index is 12.9. The quantitative estimate of drug-likeness (QED) is 0.814. The first-order chi connectivity index (χ1) is 12.0. The molecule has 0 saturated carbocycles. The lowest BCUT2D eigenvalue weighted by molar-refractivity contribution is -0.119. The maximum Gasteiger partial charge on any atom is 0.243 e. The fraction of sp³-hybridized carbons (Fsp3) is 0.588. The number of anilines is 1. The van der Waals surface area contributed by atoms with E-state index in [1.54, 1.807) is 28.6 Å². The fourth-order valence-electron chi connectivity index (χ4n) is 3.27. The van der Waals surface area contributed by atoms with E-state index in [1.165, 1.54) is 0 Å². The average molecular weight is 366 g/mol. The molecule has 0 radical (unpaired) electrons. The molecule has 0 spiro atoms. The number of hydrogen-bond acceptors (Lipinski definition) is 5. The lowest BCUT2D eigenvalue weighted by Crippen LogP contribution is -2.34. The van der Waals surface area contributed by atoms with Crippen LogP contribution in [0.2, 0.25) is 0 Å². The van der Waals surface area contributed by atoms with Gasteiger partial charge in [-0.15, -0.1) is 0 Å². The molecule has 0 aliphatic carbocycles. The van der Waals surface area contributed by atoms with E-state index in [1.807, 2.05) is 7.05 Å². The monoisotopic (exact) mass is 366 g/mol. The predicted molar refractivity (Wildman–Crippen MR) is 96.9 cm³/mol. The third-order valence-corrected chi connectivity index (χ3v) is 6.74. The van der Waals surface area contributed by atoms with E-state index in [0.717, 1.165) is 32.5 Å². The number of likely N-dealkylation sites (N-methyl/N-ethyl adjacent to an activating group) is 1. The van der Waals surface area contributed by atoms with Crippen LogP contribution in [0.3, 0.4) is 0 Å². The van der Waals surface area contributed by atoms with Gasteiger partial charge in [0.05, 0.1) is 10.8 Å². The number of amides is 1. The molecule has 1 amide bonds. The van der Waals surface area contributed by atoms with Gasteiger partial charge < -0.3 is 15.5 Å². The molecular weight excluding hydrogens is 340 g/mol. The number of carbonyl (C=O) groups is 1. The highest BCUT2D eigenvalue weighted by molar-refractivity contribution is 7.89. The van der Waals surface area contributed by atoms with Crippen molar-refractivity contribution in [3.63, 3.8) is 0 Å². The van der Waals surface area contributed by atoms with Gasteiger partial charge in [0.15, 0.2) is 0 Å². The Morgan fingerprint density at radius 2 is 2.08 bits per heavy atom. The predicted octanol–water partition coefficient (Wildman–Crippen LogP) is 0.561. The molecule has 7 nitrogen and oxygen atoms in total. The summed E-state index contributed by atoms with van der Waals surface area (Å²) in [4.78, 5) is 14.6. The van der Waals surface area contributed by atoms with Gasteiger partial charge in [0.1, 0.15) is 0 Å². The maximum atomic E-state index is 12.9. The van der Waals surface area contributed by atoms with Gasteiger partial charge in [-0.25, -0.2) is 8.42 Å². The first-order valence-electron chi connectivity index (χ1n) is 8.77. The Morgan fingerprint density at radius 1 is 1.24 bits per heavy atom. The molecule has 2 aliphatic heterocycles. The van der Waals surface area contributed by atoms with Gasteiger partial charge in [0.2, 0.25) is 15.9 Å². The number of nitrogens with one attached hydrogen (secondary N) is 2. The summed E-state index contributed by atoms with van der Waals surface area (Å²) >= 11 is 0. The number of hydrogen-bond donors (Lipinski definition) is 2. The molecule has 2 heterocycles. The van der Waals surface area contributed by atoms with Gasteiger partial charge in [-0.05, 0) is 51.2 Å². The van der Waals surface area contributed by atoms with Crippen LogP contribution in [-0.4, -0.2) is 69.8 Å². The lowest BCUT2D eigenvalue weighted by Gasteiger charge is -2.20. The summed E-state index contributed by atoms with van der Waals surface area (Å²) in [5.74, 6) is -0.114. The lowest BCUT2D eigenvalue weighted by atomic mass is 10.1. The van der Waals surface area contributed by atoms with Crippen LogP contribution in [0.25, 0.3) is 0 Å². The molecule has 2 fully saturated rings. The molecule has 0 aromatic heterocycles. The first kappa shape index (κ1) is 18.3. The topological polar surface area (TPSA) is 81.8 Å². The van der Waals surface area contributed by atoms with E-state index in [-0.39, 0.29) is 16.7 Å². The Balaban J connectivity index is 1.74. The van der Waals surface area contributed by atoms with Crippen LogP contribution in [0.5, 0.6) is 0 Å². The van der Waals surface area contributed by atoms with Crippen LogP contribution in [0.4, 0.5) is 5.69 Å². The zero-order valence-electron chi connectivity index (χ0n) is 14.6. The van der Waals surface area contributed by atoms with Crippen molar-refractivity contribution in [3.05, 3.63) is 24.3 Å². The van der Waals surface area contributed by atoms with Crippen LogP contribution in [-0.2, 0) is 14.8 Å². The van der Waals surface area contributed by atoms with Gasteiger partial charge in [-0.3, -0.25) is 4.79 Å². The molecule has 2 aliphatic rings. The van der Waals surface area contributed by atoms with E-state index >= 15 is 0 Å². The molecule has 3 rings (SSSR count). The summed E-state index contributed by atoms with van der Waals surface area (Å²) in [5.41, 5.74) is 0.532. The average Bonchev–Trinajstić information content (AvgIpc) is 3.04. The third-order valence-electron chi connectivity index (χ3n) is 4.85. The standard InChI is InChI=1S/C17H26N4O3S/c1-20-8-3-9-21(11-10-20)25(23,24)16-5-2-4-15(12-16)19-17(22)14-6-7-18-13-14/h2,4-5,12,14,18H,3,6-11,13H2,1H3,(H,19,22). The van der Waals surface area contributed by atoms with Crippen molar-refractivity contribution in [2.24, 2.45) is 5.92 Å². The molecule has 0 bridgehead atoms. The summed E-state index contributed by atoms with van der Waals surface area (Å²) in [6.07, 6.45) is 1.63. The zero-order chi connectivity index (χ0) is 17.9. The second kappa shape index (κ2) is 7.82. The van der Waals surface area contributed by atoms with Crippen LogP contribution >= 0.6 is 0 Å². The molecule has 138 valence electrons. The summed E-state index contributed by atoms with van der Waals surface area (Å²) in [6.45, 7) is 4.16. The highest BCUT2D eigenvalue weighted by atomic mass is 32.2. The number of sulfonamides is 1. The normalized spacial score (nSPS) is 23.3. The number of nitrogens with zero attached hydrogens (tertiary/aromatic N) is 2. The third kappa shape index (κ3) is 4.38. The SMILES string of the molecule is CN1CCCN(S(=O)(=O)c2cccc(NC(=O)C3CCNC3)c2)CC1. The second-order valence-corrected chi connectivity index (χ2v) is 8.71. The second-order valence-electron chi connectivity index (χ2n) is 6.77. The van der Waals surface area contributed by atoms with Crippen LogP contribution in [0, 0.1) is 5.92 Å². The summed E-state index contributed by atoms with van der Waals surface area (Å²) in [5, 5.41) is 6.01. The molecule has 2 saturated heterocycles. The number of benzene rings is 1. The Kier molecular flexibility index (Phi) is 5.73. The van der Waals surface area contributed by atoms with Crippen molar-refractivity contribution in [3.8, 4) is 0 Å². The zero-order valence-corrected chi connectivity index (χ0v) is 15.4. The van der Waals surface area contributed by atoms with E-state index in [0.29, 0.717) is 25.3 Å². The van der Waals surface area contributed by atoms with E-state index < -0.39 is 10.0 Å². The molecule has 8 heteroatoms. The minimum absolute atomic E-state index is 0.0543. The fourth-order valence-corrected chi connectivity index (χ4v) is 4.79. The van der Waals surface area contributed by atoms with E-state index in [2.05, 4.69) is 15.5 Å². The van der Waals surface area contributed by atoms with Crippen molar-refractivity contribution in [2.75, 3.05) is 51.6 Å². The van der Waals surface area contributed by atoms with Crippen molar-refractivity contribution in [2.45, 2.75) is 17.7 Å². The van der Waals surface area contributed by atoms with Crippen molar-refractivity contribution < 1.29 is 13.2 Å². The molecular formula is C17H26N4O3S. The molecule has 25 heavy (non-hydrogen) atoms. The largest absolute Gasteiger partial charge is 0.326 e. The van der Waals surface area contributed by atoms with E-state index in [4.69, 9.17) is 0 Å². The van der Waals surface area contributed by atoms with Gasteiger partial charge in [0, 0.05) is 31.9 Å². The molecule has 1 aromatic carbocycles. The van der Waals surface area contributed by atoms with Crippen LogP contribution in [0.1, 0.15) is 12.8 Å². The highest BCUT2D eigenvalue weighted by Gasteiger charge is 2.27. The Labute approximate surface area is 149 Å². The van der Waals surface area contributed by atoms with Crippen molar-refractivity contribution >= 4 is 21.6 Å². The Bertz CT molecular complexity index is 716. The Morgan fingerprint density at radius 3 is 2.84 bits per heavy atom. The van der Waals surface area contributed by atoms with Crippen LogP contribution < -0.4 is 10.6 Å². The summed E-state index contributed by atoms with van der Waals surface area (Å²) < 4.78 is 27.4. The first-order valence-corrected chi connectivity index (χ1v) is 10.2. The molecule has 1 aromatic rings. The smallest absolute Gasteiger partial charge is 0.243 e. The van der Waals surface area contributed by atoms with Crippen LogP contribution in [0.15, 0.2) is 29.2 Å². The molecule has 1 unspecified atom stereocenters. The minimum Gasteiger partial charge on any atom is -0.326 e. The van der Waals surface area contributed by atoms with Gasteiger partial charge >= 0.3 is 0 Å². The van der Waals surface area contributed by atoms with Gasteiger partial charge in [-0.1, -0.05) is 6.07 Å². The van der Waals surface area contributed by atoms with Crippen molar-refractivity contribution in [1.29, 1.82) is 0 Å². The van der Waals surface area contributed by atoms with Crippen molar-refractivity contribution in [1.82, 2.24) is 14.5 Å². The van der Waals surface area contributed by atoms with E-state index in [9.17, 15) is 13.2 Å². The highest BCUT2D eigenvalue weighted by Crippen LogP contribution is 2.22.